The lowest BCUT2D eigenvalue weighted by molar-refractivity contribution is 0.166. The molecule has 0 spiro atoms. The van der Waals surface area contributed by atoms with E-state index in [0.29, 0.717) is 5.92 Å². The lowest BCUT2D eigenvalue weighted by Gasteiger charge is -2.23. The van der Waals surface area contributed by atoms with Crippen molar-refractivity contribution in [3.05, 3.63) is 18.2 Å². The molecule has 1 aliphatic rings. The Hall–Kier alpha value is -1.16. The van der Waals surface area contributed by atoms with Gasteiger partial charge in [0.2, 0.25) is 0 Å². The number of nitrogens with zero attached hydrogens (tertiary/aromatic N) is 2. The summed E-state index contributed by atoms with van der Waals surface area (Å²) in [7, 11) is 0. The van der Waals surface area contributed by atoms with Crippen molar-refractivity contribution in [1.29, 1.82) is 0 Å². The van der Waals surface area contributed by atoms with Crippen molar-refractivity contribution in [2.24, 2.45) is 0 Å². The van der Waals surface area contributed by atoms with Crippen LogP contribution >= 0.6 is 0 Å². The average molecular weight is 221 g/mol. The number of nitrogens with one attached hydrogen (secondary N) is 1. The lowest BCUT2D eigenvalue weighted by Crippen LogP contribution is -2.37. The molecule has 0 aromatic carbocycles. The van der Waals surface area contributed by atoms with E-state index in [1.165, 1.54) is 6.42 Å². The summed E-state index contributed by atoms with van der Waals surface area (Å²) in [6.45, 7) is 6.19. The second-order valence-electron chi connectivity index (χ2n) is 4.52. The Morgan fingerprint density at radius 3 is 2.69 bits per heavy atom. The number of hydrogen-bond acceptors (Lipinski definition) is 4. The van der Waals surface area contributed by atoms with Crippen LogP contribution in [0, 0.1) is 0 Å². The molecule has 4 heteroatoms. The molecule has 1 aromatic heterocycles. The van der Waals surface area contributed by atoms with Crippen LogP contribution in [0.1, 0.15) is 38.4 Å². The molecule has 1 aliphatic heterocycles. The molecular formula is C12H19N3O. The smallest absolute Gasteiger partial charge is 0.156 e. The third-order valence-corrected chi connectivity index (χ3v) is 2.72. The van der Waals surface area contributed by atoms with Crippen LogP contribution in [-0.2, 0) is 0 Å². The van der Waals surface area contributed by atoms with Gasteiger partial charge in [0, 0.05) is 12.5 Å². The third-order valence-electron chi connectivity index (χ3n) is 2.72. The Bertz CT molecular complexity index is 318. The highest BCUT2D eigenvalue weighted by atomic mass is 16.5. The van der Waals surface area contributed by atoms with E-state index in [9.17, 15) is 0 Å². The summed E-state index contributed by atoms with van der Waals surface area (Å²) >= 11 is 0. The molecule has 1 fully saturated rings. The second-order valence-corrected chi connectivity index (χ2v) is 4.52. The van der Waals surface area contributed by atoms with Crippen LogP contribution in [0.3, 0.4) is 0 Å². The van der Waals surface area contributed by atoms with Gasteiger partial charge in [0.05, 0.1) is 12.4 Å². The fourth-order valence-electron chi connectivity index (χ4n) is 1.80. The van der Waals surface area contributed by atoms with Gasteiger partial charge in [-0.2, -0.15) is 0 Å². The minimum atomic E-state index is 0.266. The van der Waals surface area contributed by atoms with Crippen molar-refractivity contribution in [1.82, 2.24) is 15.3 Å². The van der Waals surface area contributed by atoms with E-state index >= 15 is 0 Å². The minimum Gasteiger partial charge on any atom is -0.486 e. The first-order valence-electron chi connectivity index (χ1n) is 5.95. The van der Waals surface area contributed by atoms with Crippen LogP contribution in [0.4, 0.5) is 0 Å². The second kappa shape index (κ2) is 5.25. The van der Waals surface area contributed by atoms with Gasteiger partial charge in [0.15, 0.2) is 5.75 Å². The first-order chi connectivity index (χ1) is 7.75. The molecule has 0 amide bonds. The predicted molar refractivity (Wildman–Crippen MR) is 62.6 cm³/mol. The van der Waals surface area contributed by atoms with Crippen molar-refractivity contribution < 1.29 is 4.74 Å². The van der Waals surface area contributed by atoms with Gasteiger partial charge >= 0.3 is 0 Å². The maximum Gasteiger partial charge on any atom is 0.156 e. The third kappa shape index (κ3) is 2.92. The molecule has 1 aromatic rings. The van der Waals surface area contributed by atoms with Crippen molar-refractivity contribution >= 4 is 0 Å². The van der Waals surface area contributed by atoms with E-state index in [1.54, 1.807) is 12.4 Å². The van der Waals surface area contributed by atoms with Crippen LogP contribution in [0.5, 0.6) is 5.75 Å². The van der Waals surface area contributed by atoms with Gasteiger partial charge in [0.25, 0.3) is 0 Å². The summed E-state index contributed by atoms with van der Waals surface area (Å²) in [5.41, 5.74) is 0. The molecule has 16 heavy (non-hydrogen) atoms. The van der Waals surface area contributed by atoms with E-state index in [1.807, 2.05) is 0 Å². The lowest BCUT2D eigenvalue weighted by atomic mass is 10.1. The number of piperidine rings is 1. The summed E-state index contributed by atoms with van der Waals surface area (Å²) in [5, 5.41) is 3.32. The normalized spacial score (nSPS) is 21.1. The predicted octanol–water partition coefficient (Wildman–Crippen LogP) is 1.73. The van der Waals surface area contributed by atoms with Crippen molar-refractivity contribution in [3.63, 3.8) is 0 Å². The molecule has 0 aliphatic carbocycles. The first-order valence-corrected chi connectivity index (χ1v) is 5.95. The quantitative estimate of drug-likeness (QED) is 0.844. The van der Waals surface area contributed by atoms with Gasteiger partial charge in [-0.1, -0.05) is 13.8 Å². The maximum atomic E-state index is 5.80. The minimum absolute atomic E-state index is 0.266. The van der Waals surface area contributed by atoms with Crippen LogP contribution < -0.4 is 10.1 Å². The summed E-state index contributed by atoms with van der Waals surface area (Å²) in [5.74, 6) is 2.01. The fraction of sp³-hybridized carbons (Fsp3) is 0.667. The molecule has 0 saturated carbocycles. The number of aromatic nitrogens is 2. The Morgan fingerprint density at radius 1 is 1.38 bits per heavy atom. The highest BCUT2D eigenvalue weighted by Gasteiger charge is 2.14. The van der Waals surface area contributed by atoms with Crippen molar-refractivity contribution in [3.8, 4) is 5.75 Å². The van der Waals surface area contributed by atoms with Gasteiger partial charge in [-0.25, -0.2) is 9.97 Å². The SMILES string of the molecule is CC(C)c1ncc(OC2CCCNC2)cn1. The topological polar surface area (TPSA) is 47.0 Å². The Morgan fingerprint density at radius 2 is 2.12 bits per heavy atom. The number of ether oxygens (including phenoxy) is 1. The van der Waals surface area contributed by atoms with Crippen LogP contribution in [0.2, 0.25) is 0 Å². The maximum absolute atomic E-state index is 5.80. The summed E-state index contributed by atoms with van der Waals surface area (Å²) < 4.78 is 5.80. The van der Waals surface area contributed by atoms with Crippen molar-refractivity contribution in [2.45, 2.75) is 38.7 Å². The highest BCUT2D eigenvalue weighted by molar-refractivity contribution is 5.14. The Balaban J connectivity index is 1.93. The molecule has 88 valence electrons. The van der Waals surface area contributed by atoms with Gasteiger partial charge in [0.1, 0.15) is 11.9 Å². The van der Waals surface area contributed by atoms with Crippen LogP contribution in [0.15, 0.2) is 12.4 Å². The zero-order valence-electron chi connectivity index (χ0n) is 9.94. The molecular weight excluding hydrogens is 202 g/mol. The fourth-order valence-corrected chi connectivity index (χ4v) is 1.80. The molecule has 0 radical (unpaired) electrons. The summed E-state index contributed by atoms with van der Waals surface area (Å²) in [6.07, 6.45) is 6.10. The van der Waals surface area contributed by atoms with Crippen LogP contribution in [-0.4, -0.2) is 29.2 Å². The monoisotopic (exact) mass is 221 g/mol. The zero-order valence-corrected chi connectivity index (χ0v) is 9.94. The van der Waals surface area contributed by atoms with Gasteiger partial charge in [-0.3, -0.25) is 0 Å². The first kappa shape index (κ1) is 11.3. The molecule has 1 atom stereocenters. The molecule has 2 rings (SSSR count). The van der Waals surface area contributed by atoms with Gasteiger partial charge in [-0.05, 0) is 19.4 Å². The molecule has 2 heterocycles. The van der Waals surface area contributed by atoms with Crippen molar-refractivity contribution in [2.75, 3.05) is 13.1 Å². The summed E-state index contributed by atoms with van der Waals surface area (Å²) in [6, 6.07) is 0. The largest absolute Gasteiger partial charge is 0.486 e. The Labute approximate surface area is 96.4 Å². The molecule has 1 N–H and O–H groups in total. The van der Waals surface area contributed by atoms with E-state index in [-0.39, 0.29) is 6.10 Å². The highest BCUT2D eigenvalue weighted by Crippen LogP contribution is 2.15. The molecule has 1 unspecified atom stereocenters. The van der Waals surface area contributed by atoms with E-state index < -0.39 is 0 Å². The van der Waals surface area contributed by atoms with Crippen LogP contribution in [0.25, 0.3) is 0 Å². The standard InChI is InChI=1S/C12H19N3O/c1-9(2)12-14-7-11(8-15-12)16-10-4-3-5-13-6-10/h7-10,13H,3-6H2,1-2H3. The average Bonchev–Trinajstić information content (AvgIpc) is 2.31. The molecule has 1 saturated heterocycles. The van der Waals surface area contributed by atoms with Gasteiger partial charge in [-0.15, -0.1) is 0 Å². The number of rotatable bonds is 3. The van der Waals surface area contributed by atoms with E-state index in [2.05, 4.69) is 29.1 Å². The molecule has 4 nitrogen and oxygen atoms in total. The summed E-state index contributed by atoms with van der Waals surface area (Å²) in [4.78, 5) is 8.57. The van der Waals surface area contributed by atoms with E-state index in [0.717, 1.165) is 31.1 Å². The van der Waals surface area contributed by atoms with Gasteiger partial charge < -0.3 is 10.1 Å². The number of hydrogen-bond donors (Lipinski definition) is 1. The van der Waals surface area contributed by atoms with E-state index in [4.69, 9.17) is 4.74 Å². The Kier molecular flexibility index (Phi) is 3.72. The molecule has 0 bridgehead atoms. The zero-order chi connectivity index (χ0) is 11.4.